The van der Waals surface area contributed by atoms with Crippen LogP contribution in [0.3, 0.4) is 0 Å². The molecule has 0 fully saturated rings. The molecule has 8 nitrogen and oxygen atoms in total. The second-order valence-electron chi connectivity index (χ2n) is 4.70. The van der Waals surface area contributed by atoms with Crippen LogP contribution in [-0.2, 0) is 9.53 Å². The molecule has 1 aromatic heterocycles. The number of carbonyl (C=O) groups is 2. The van der Waals surface area contributed by atoms with Crippen molar-refractivity contribution < 1.29 is 23.6 Å². The van der Waals surface area contributed by atoms with Crippen molar-refractivity contribution in [1.82, 2.24) is 4.98 Å². The zero-order valence-electron chi connectivity index (χ0n) is 12.4. The van der Waals surface area contributed by atoms with Gasteiger partial charge in [0, 0.05) is 24.1 Å². The highest BCUT2D eigenvalue weighted by Gasteiger charge is 2.21. The van der Waals surface area contributed by atoms with Crippen molar-refractivity contribution in [3.8, 4) is 0 Å². The monoisotopic (exact) mass is 333 g/mol. The number of hydrogen-bond acceptors (Lipinski definition) is 6. The SMILES string of the molecule is C[C@@H](OC(=O)c1cccnc1)C(=O)Nc1ccc(F)c([N+](=O)[O-])c1. The van der Waals surface area contributed by atoms with Gasteiger partial charge in [0.1, 0.15) is 0 Å². The summed E-state index contributed by atoms with van der Waals surface area (Å²) in [4.78, 5) is 37.3. The van der Waals surface area contributed by atoms with Gasteiger partial charge in [0.25, 0.3) is 5.91 Å². The Morgan fingerprint density at radius 2 is 2.12 bits per heavy atom. The number of aromatic nitrogens is 1. The average Bonchev–Trinajstić information content (AvgIpc) is 2.57. The van der Waals surface area contributed by atoms with Crippen LogP contribution in [0.2, 0.25) is 0 Å². The van der Waals surface area contributed by atoms with Gasteiger partial charge in [0.15, 0.2) is 6.10 Å². The number of benzene rings is 1. The minimum atomic E-state index is -1.16. The number of nitro benzene ring substituents is 1. The zero-order valence-corrected chi connectivity index (χ0v) is 12.4. The zero-order chi connectivity index (χ0) is 17.7. The predicted molar refractivity (Wildman–Crippen MR) is 80.8 cm³/mol. The molecule has 0 saturated carbocycles. The fourth-order valence-corrected chi connectivity index (χ4v) is 1.74. The Morgan fingerprint density at radius 3 is 2.75 bits per heavy atom. The highest BCUT2D eigenvalue weighted by atomic mass is 19.1. The topological polar surface area (TPSA) is 111 Å². The van der Waals surface area contributed by atoms with Crippen molar-refractivity contribution in [2.45, 2.75) is 13.0 Å². The number of hydrogen-bond donors (Lipinski definition) is 1. The highest BCUT2D eigenvalue weighted by Crippen LogP contribution is 2.21. The van der Waals surface area contributed by atoms with Crippen LogP contribution in [0.25, 0.3) is 0 Å². The molecule has 0 unspecified atom stereocenters. The Labute approximate surface area is 135 Å². The van der Waals surface area contributed by atoms with E-state index >= 15 is 0 Å². The molecule has 0 bridgehead atoms. The molecular weight excluding hydrogens is 321 g/mol. The van der Waals surface area contributed by atoms with Crippen LogP contribution in [0.5, 0.6) is 0 Å². The number of carbonyl (C=O) groups excluding carboxylic acids is 2. The molecule has 0 spiro atoms. The van der Waals surface area contributed by atoms with Gasteiger partial charge in [-0.2, -0.15) is 4.39 Å². The van der Waals surface area contributed by atoms with E-state index in [1.165, 1.54) is 25.4 Å². The first kappa shape index (κ1) is 17.0. The number of nitro groups is 1. The summed E-state index contributed by atoms with van der Waals surface area (Å²) < 4.78 is 18.2. The van der Waals surface area contributed by atoms with Crippen LogP contribution < -0.4 is 5.32 Å². The normalized spacial score (nSPS) is 11.4. The molecule has 124 valence electrons. The van der Waals surface area contributed by atoms with E-state index in [0.717, 1.165) is 18.2 Å². The maximum Gasteiger partial charge on any atom is 0.340 e. The van der Waals surface area contributed by atoms with Gasteiger partial charge in [-0.05, 0) is 31.2 Å². The van der Waals surface area contributed by atoms with E-state index in [2.05, 4.69) is 10.3 Å². The van der Waals surface area contributed by atoms with Crippen LogP contribution >= 0.6 is 0 Å². The third-order valence-corrected chi connectivity index (χ3v) is 2.96. The van der Waals surface area contributed by atoms with Gasteiger partial charge in [-0.25, -0.2) is 4.79 Å². The molecular formula is C15H12FN3O5. The van der Waals surface area contributed by atoms with Crippen molar-refractivity contribution in [3.63, 3.8) is 0 Å². The number of halogens is 1. The largest absolute Gasteiger partial charge is 0.449 e. The summed E-state index contributed by atoms with van der Waals surface area (Å²) in [6, 6.07) is 5.92. The molecule has 0 radical (unpaired) electrons. The van der Waals surface area contributed by atoms with Crippen molar-refractivity contribution in [2.75, 3.05) is 5.32 Å². The smallest absolute Gasteiger partial charge is 0.340 e. The minimum Gasteiger partial charge on any atom is -0.449 e. The number of pyridine rings is 1. The molecule has 1 aromatic carbocycles. The molecule has 0 aliphatic carbocycles. The molecule has 24 heavy (non-hydrogen) atoms. The van der Waals surface area contributed by atoms with Gasteiger partial charge < -0.3 is 10.1 Å². The summed E-state index contributed by atoms with van der Waals surface area (Å²) in [5.41, 5.74) is -0.584. The van der Waals surface area contributed by atoms with Crippen molar-refractivity contribution in [1.29, 1.82) is 0 Å². The molecule has 2 aromatic rings. The lowest BCUT2D eigenvalue weighted by Gasteiger charge is -2.13. The number of nitrogens with one attached hydrogen (secondary N) is 1. The van der Waals surface area contributed by atoms with Crippen LogP contribution in [0, 0.1) is 15.9 Å². The molecule has 0 aliphatic heterocycles. The fraction of sp³-hybridized carbons (Fsp3) is 0.133. The number of amides is 1. The fourth-order valence-electron chi connectivity index (χ4n) is 1.74. The maximum atomic E-state index is 13.2. The van der Waals surface area contributed by atoms with Crippen LogP contribution in [0.15, 0.2) is 42.7 Å². The maximum absolute atomic E-state index is 13.2. The standard InChI is InChI=1S/C15H12FN3O5/c1-9(24-15(21)10-3-2-6-17-8-10)14(20)18-11-4-5-12(16)13(7-11)19(22)23/h2-9H,1H3,(H,18,20)/t9-/m1/s1. The number of esters is 1. The van der Waals surface area contributed by atoms with E-state index in [-0.39, 0.29) is 11.3 Å². The Bertz CT molecular complexity index is 782. The summed E-state index contributed by atoms with van der Waals surface area (Å²) in [5, 5.41) is 13.0. The molecule has 0 saturated heterocycles. The minimum absolute atomic E-state index is 0.0115. The number of ether oxygens (including phenoxy) is 1. The summed E-state index contributed by atoms with van der Waals surface area (Å²) in [6.45, 7) is 1.33. The molecule has 1 heterocycles. The van der Waals surface area contributed by atoms with Gasteiger partial charge in [-0.1, -0.05) is 0 Å². The van der Waals surface area contributed by atoms with Crippen molar-refractivity contribution in [2.24, 2.45) is 0 Å². The molecule has 2 rings (SSSR count). The third kappa shape index (κ3) is 4.09. The summed E-state index contributed by atoms with van der Waals surface area (Å²) in [5.74, 6) is -2.47. The van der Waals surface area contributed by atoms with Crippen molar-refractivity contribution in [3.05, 3.63) is 64.2 Å². The Balaban J connectivity index is 2.03. The first-order chi connectivity index (χ1) is 11.4. The van der Waals surface area contributed by atoms with Crippen LogP contribution in [-0.4, -0.2) is 27.9 Å². The predicted octanol–water partition coefficient (Wildman–Crippen LogP) is 2.31. The highest BCUT2D eigenvalue weighted by molar-refractivity contribution is 5.97. The Morgan fingerprint density at radius 1 is 1.38 bits per heavy atom. The van der Waals surface area contributed by atoms with E-state index in [4.69, 9.17) is 4.74 Å². The lowest BCUT2D eigenvalue weighted by atomic mass is 10.2. The molecule has 1 atom stereocenters. The Kier molecular flexibility index (Phi) is 5.15. The van der Waals surface area contributed by atoms with Gasteiger partial charge in [0.05, 0.1) is 10.5 Å². The molecule has 0 aliphatic rings. The second kappa shape index (κ2) is 7.27. The summed E-state index contributed by atoms with van der Waals surface area (Å²) in [7, 11) is 0. The van der Waals surface area contributed by atoms with Gasteiger partial charge in [-0.15, -0.1) is 0 Å². The number of rotatable bonds is 5. The van der Waals surface area contributed by atoms with E-state index in [1.807, 2.05) is 0 Å². The summed E-state index contributed by atoms with van der Waals surface area (Å²) in [6.07, 6.45) is 1.60. The quantitative estimate of drug-likeness (QED) is 0.510. The first-order valence-electron chi connectivity index (χ1n) is 6.74. The average molecular weight is 333 g/mol. The van der Waals surface area contributed by atoms with Crippen LogP contribution in [0.4, 0.5) is 15.8 Å². The second-order valence-corrected chi connectivity index (χ2v) is 4.70. The number of anilines is 1. The van der Waals surface area contributed by atoms with E-state index in [0.29, 0.717) is 0 Å². The van der Waals surface area contributed by atoms with E-state index < -0.39 is 34.4 Å². The van der Waals surface area contributed by atoms with Crippen LogP contribution in [0.1, 0.15) is 17.3 Å². The first-order valence-corrected chi connectivity index (χ1v) is 6.74. The molecule has 9 heteroatoms. The lowest BCUT2D eigenvalue weighted by Crippen LogP contribution is -2.30. The van der Waals surface area contributed by atoms with E-state index in [1.54, 1.807) is 6.07 Å². The molecule has 1 amide bonds. The van der Waals surface area contributed by atoms with Gasteiger partial charge >= 0.3 is 11.7 Å². The van der Waals surface area contributed by atoms with E-state index in [9.17, 15) is 24.1 Å². The molecule has 1 N–H and O–H groups in total. The van der Waals surface area contributed by atoms with Gasteiger partial charge in [-0.3, -0.25) is 19.9 Å². The van der Waals surface area contributed by atoms with Gasteiger partial charge in [0.2, 0.25) is 5.82 Å². The van der Waals surface area contributed by atoms with Crippen molar-refractivity contribution >= 4 is 23.3 Å². The number of nitrogens with zero attached hydrogens (tertiary/aromatic N) is 2. The summed E-state index contributed by atoms with van der Waals surface area (Å²) >= 11 is 0. The third-order valence-electron chi connectivity index (χ3n) is 2.96. The lowest BCUT2D eigenvalue weighted by molar-refractivity contribution is -0.387. The Hall–Kier alpha value is -3.36.